The molecule has 1 heterocycles. The predicted octanol–water partition coefficient (Wildman–Crippen LogP) is 1.21. The van der Waals surface area contributed by atoms with Gasteiger partial charge in [0, 0.05) is 27.1 Å². The third kappa shape index (κ3) is 2.57. The number of aryl methyl sites for hydroxylation is 1. The molecule has 1 aromatic heterocycles. The fourth-order valence-corrected chi connectivity index (χ4v) is 1.88. The molecule has 2 rings (SSSR count). The number of imidazole rings is 1. The molecule has 6 heteroatoms. The molecule has 0 saturated carbocycles. The summed E-state index contributed by atoms with van der Waals surface area (Å²) in [7, 11) is 3.41. The highest BCUT2D eigenvalue weighted by Gasteiger charge is 2.13. The monoisotopic (exact) mass is 261 g/mol. The summed E-state index contributed by atoms with van der Waals surface area (Å²) in [5, 5.41) is 9.07. The highest BCUT2D eigenvalue weighted by atomic mass is 16.4. The molecule has 0 radical (unpaired) electrons. The van der Waals surface area contributed by atoms with Crippen molar-refractivity contribution >= 4 is 22.9 Å². The Morgan fingerprint density at radius 2 is 2.11 bits per heavy atom. The average molecular weight is 261 g/mol. The van der Waals surface area contributed by atoms with Crippen molar-refractivity contribution in [2.24, 2.45) is 0 Å². The molecule has 6 nitrogen and oxygen atoms in total. The first-order chi connectivity index (χ1) is 9.00. The lowest BCUT2D eigenvalue weighted by atomic mass is 10.2. The van der Waals surface area contributed by atoms with E-state index in [1.165, 1.54) is 11.0 Å². The van der Waals surface area contributed by atoms with Gasteiger partial charge in [-0.2, -0.15) is 0 Å². The van der Waals surface area contributed by atoms with Gasteiger partial charge in [0.25, 0.3) is 0 Å². The number of aromatic carboxylic acids is 1. The lowest BCUT2D eigenvalue weighted by molar-refractivity contribution is -0.128. The molecule has 0 bridgehead atoms. The molecule has 0 unspecified atom stereocenters. The second-order valence-corrected chi connectivity index (χ2v) is 4.45. The fourth-order valence-electron chi connectivity index (χ4n) is 1.88. The fraction of sp³-hybridized carbons (Fsp3) is 0.308. The predicted molar refractivity (Wildman–Crippen MR) is 70.0 cm³/mol. The number of para-hydroxylation sites is 1. The number of carboxylic acid groups (broad SMARTS) is 1. The van der Waals surface area contributed by atoms with Gasteiger partial charge < -0.3 is 14.6 Å². The highest BCUT2D eigenvalue weighted by molar-refractivity contribution is 6.00. The summed E-state index contributed by atoms with van der Waals surface area (Å²) >= 11 is 0. The first kappa shape index (κ1) is 13.1. The minimum absolute atomic E-state index is 0.0243. The molecule has 19 heavy (non-hydrogen) atoms. The second-order valence-electron chi connectivity index (χ2n) is 4.45. The Balaban J connectivity index is 2.29. The molecule has 1 N–H and O–H groups in total. The van der Waals surface area contributed by atoms with Gasteiger partial charge in [-0.15, -0.1) is 0 Å². The molecule has 1 aromatic carbocycles. The van der Waals surface area contributed by atoms with E-state index in [1.54, 1.807) is 37.1 Å². The number of fused-ring (bicyclic) bond motifs is 1. The van der Waals surface area contributed by atoms with Crippen molar-refractivity contribution in [3.63, 3.8) is 0 Å². The van der Waals surface area contributed by atoms with Crippen molar-refractivity contribution in [1.82, 2.24) is 14.5 Å². The van der Waals surface area contributed by atoms with E-state index in [0.717, 1.165) is 5.52 Å². The van der Waals surface area contributed by atoms with Crippen LogP contribution in [0.1, 0.15) is 16.8 Å². The van der Waals surface area contributed by atoms with Crippen molar-refractivity contribution in [1.29, 1.82) is 0 Å². The van der Waals surface area contributed by atoms with E-state index >= 15 is 0 Å². The summed E-state index contributed by atoms with van der Waals surface area (Å²) in [5.41, 5.74) is 1.36. The van der Waals surface area contributed by atoms with Crippen LogP contribution in [0.25, 0.3) is 11.0 Å². The normalized spacial score (nSPS) is 10.6. The molecule has 1 amide bonds. The zero-order valence-corrected chi connectivity index (χ0v) is 10.8. The van der Waals surface area contributed by atoms with E-state index in [9.17, 15) is 9.59 Å². The Kier molecular flexibility index (Phi) is 3.50. The van der Waals surface area contributed by atoms with Crippen LogP contribution in [0.2, 0.25) is 0 Å². The van der Waals surface area contributed by atoms with Crippen LogP contribution in [0.3, 0.4) is 0 Å². The third-order valence-electron chi connectivity index (χ3n) is 2.95. The van der Waals surface area contributed by atoms with Crippen molar-refractivity contribution < 1.29 is 14.7 Å². The molecule has 0 fully saturated rings. The average Bonchev–Trinajstić information content (AvgIpc) is 2.78. The van der Waals surface area contributed by atoms with Gasteiger partial charge >= 0.3 is 5.97 Å². The molecule has 100 valence electrons. The smallest absolute Gasteiger partial charge is 0.337 e. The SMILES string of the molecule is CN(C)C(=O)CCn1cnc2c(C(=O)O)cccc21. The van der Waals surface area contributed by atoms with Crippen LogP contribution in [-0.2, 0) is 11.3 Å². The van der Waals surface area contributed by atoms with Gasteiger partial charge in [0.1, 0.15) is 5.52 Å². The number of benzene rings is 1. The van der Waals surface area contributed by atoms with E-state index in [4.69, 9.17) is 5.11 Å². The van der Waals surface area contributed by atoms with Crippen LogP contribution in [0, 0.1) is 0 Å². The minimum atomic E-state index is -1.000. The van der Waals surface area contributed by atoms with Gasteiger partial charge in [0.05, 0.1) is 17.4 Å². The Morgan fingerprint density at radius 1 is 1.37 bits per heavy atom. The van der Waals surface area contributed by atoms with E-state index in [1.807, 2.05) is 0 Å². The van der Waals surface area contributed by atoms with E-state index in [2.05, 4.69) is 4.98 Å². The van der Waals surface area contributed by atoms with Crippen molar-refractivity contribution in [2.75, 3.05) is 14.1 Å². The van der Waals surface area contributed by atoms with Crippen LogP contribution < -0.4 is 0 Å². The van der Waals surface area contributed by atoms with E-state index < -0.39 is 5.97 Å². The quantitative estimate of drug-likeness (QED) is 0.897. The maximum absolute atomic E-state index is 11.5. The first-order valence-corrected chi connectivity index (χ1v) is 5.88. The number of nitrogens with zero attached hydrogens (tertiary/aromatic N) is 3. The van der Waals surface area contributed by atoms with Gasteiger partial charge in [-0.3, -0.25) is 4.79 Å². The number of carboxylic acids is 1. The summed E-state index contributed by atoms with van der Waals surface area (Å²) in [4.78, 5) is 28.3. The topological polar surface area (TPSA) is 75.4 Å². The Bertz CT molecular complexity index is 631. The maximum Gasteiger partial charge on any atom is 0.337 e. The number of hydrogen-bond acceptors (Lipinski definition) is 3. The first-order valence-electron chi connectivity index (χ1n) is 5.88. The maximum atomic E-state index is 11.5. The molecule has 0 aliphatic carbocycles. The van der Waals surface area contributed by atoms with Gasteiger partial charge in [0.2, 0.25) is 5.91 Å². The third-order valence-corrected chi connectivity index (χ3v) is 2.95. The lowest BCUT2D eigenvalue weighted by Crippen LogP contribution is -2.22. The molecule has 0 aliphatic rings. The number of aromatic nitrogens is 2. The van der Waals surface area contributed by atoms with Crippen LogP contribution >= 0.6 is 0 Å². The van der Waals surface area contributed by atoms with Gasteiger partial charge in [-0.25, -0.2) is 9.78 Å². The Hall–Kier alpha value is -2.37. The van der Waals surface area contributed by atoms with Crippen LogP contribution in [0.5, 0.6) is 0 Å². The van der Waals surface area contributed by atoms with Crippen molar-refractivity contribution in [3.05, 3.63) is 30.1 Å². The highest BCUT2D eigenvalue weighted by Crippen LogP contribution is 2.17. The molecule has 0 aliphatic heterocycles. The zero-order valence-electron chi connectivity index (χ0n) is 10.8. The van der Waals surface area contributed by atoms with Crippen molar-refractivity contribution in [3.8, 4) is 0 Å². The van der Waals surface area contributed by atoms with E-state index in [0.29, 0.717) is 18.5 Å². The van der Waals surface area contributed by atoms with Gasteiger partial charge in [0.15, 0.2) is 0 Å². The standard InChI is InChI=1S/C13H15N3O3/c1-15(2)11(17)6-7-16-8-14-12-9(13(18)19)4-3-5-10(12)16/h3-5,8H,6-7H2,1-2H3,(H,18,19). The van der Waals surface area contributed by atoms with Crippen molar-refractivity contribution in [2.45, 2.75) is 13.0 Å². The second kappa shape index (κ2) is 5.09. The lowest BCUT2D eigenvalue weighted by Gasteiger charge is -2.10. The van der Waals surface area contributed by atoms with Gasteiger partial charge in [-0.1, -0.05) is 6.07 Å². The van der Waals surface area contributed by atoms with Gasteiger partial charge in [-0.05, 0) is 12.1 Å². The number of amides is 1. The Labute approximate surface area is 110 Å². The molecule has 2 aromatic rings. The summed E-state index contributed by atoms with van der Waals surface area (Å²) in [6.07, 6.45) is 1.93. The molecule has 0 spiro atoms. The number of carbonyl (C=O) groups excluding carboxylic acids is 1. The largest absolute Gasteiger partial charge is 0.478 e. The van der Waals surface area contributed by atoms with E-state index in [-0.39, 0.29) is 11.5 Å². The number of carbonyl (C=O) groups is 2. The van der Waals surface area contributed by atoms with Crippen LogP contribution in [-0.4, -0.2) is 45.5 Å². The summed E-state index contributed by atoms with van der Waals surface area (Å²) in [6, 6.07) is 5.00. The number of hydrogen-bond donors (Lipinski definition) is 1. The molecule has 0 atom stereocenters. The molecule has 0 saturated heterocycles. The summed E-state index contributed by atoms with van der Waals surface area (Å²) in [6.45, 7) is 0.483. The van der Waals surface area contributed by atoms with Crippen LogP contribution in [0.4, 0.5) is 0 Å². The van der Waals surface area contributed by atoms with Crippen LogP contribution in [0.15, 0.2) is 24.5 Å². The number of rotatable bonds is 4. The zero-order chi connectivity index (χ0) is 14.0. The minimum Gasteiger partial charge on any atom is -0.478 e. The summed E-state index contributed by atoms with van der Waals surface area (Å²) in [5.74, 6) is -0.976. The Morgan fingerprint density at radius 3 is 2.74 bits per heavy atom. The molecular formula is C13H15N3O3. The summed E-state index contributed by atoms with van der Waals surface area (Å²) < 4.78 is 1.79. The molecular weight excluding hydrogens is 246 g/mol.